The Balaban J connectivity index is 1.41. The van der Waals surface area contributed by atoms with Crippen molar-refractivity contribution in [3.63, 3.8) is 0 Å². The Hall–Kier alpha value is -4.31. The predicted octanol–water partition coefficient (Wildman–Crippen LogP) is 6.58. The first kappa shape index (κ1) is 18.5. The third kappa shape index (κ3) is 2.96. The van der Waals surface area contributed by atoms with Gasteiger partial charge in [-0.15, -0.1) is 0 Å². The molecule has 154 valence electrons. The molecule has 1 amide bonds. The number of nitrogens with one attached hydrogen (secondary N) is 2. The molecule has 0 fully saturated rings. The Kier molecular flexibility index (Phi) is 4.12. The highest BCUT2D eigenvalue weighted by molar-refractivity contribution is 6.10. The SMILES string of the molecule is C=C(Nc1cccc2c1oc1ccc(-c3ccc4c(c3)CNC4=O)cc12)c1ccccc1. The number of para-hydroxylation sites is 1. The van der Waals surface area contributed by atoms with Gasteiger partial charge in [0.15, 0.2) is 5.58 Å². The summed E-state index contributed by atoms with van der Waals surface area (Å²) in [5.74, 6) is -0.0000456. The first-order chi connectivity index (χ1) is 15.7. The van der Waals surface area contributed by atoms with E-state index in [0.717, 1.165) is 61.1 Å². The maximum absolute atomic E-state index is 11.9. The van der Waals surface area contributed by atoms with Crippen LogP contribution in [0.1, 0.15) is 21.5 Å². The zero-order valence-electron chi connectivity index (χ0n) is 17.3. The van der Waals surface area contributed by atoms with E-state index in [-0.39, 0.29) is 5.91 Å². The summed E-state index contributed by atoms with van der Waals surface area (Å²) in [6, 6.07) is 28.4. The molecule has 5 aromatic rings. The molecule has 4 heteroatoms. The van der Waals surface area contributed by atoms with E-state index in [1.807, 2.05) is 60.7 Å². The minimum absolute atomic E-state index is 0.0000456. The molecule has 0 bridgehead atoms. The second kappa shape index (κ2) is 7.13. The summed E-state index contributed by atoms with van der Waals surface area (Å²) < 4.78 is 6.24. The van der Waals surface area contributed by atoms with E-state index in [2.05, 4.69) is 41.5 Å². The number of furan rings is 1. The van der Waals surface area contributed by atoms with Gasteiger partial charge in [-0.1, -0.05) is 61.2 Å². The molecule has 1 aliphatic heterocycles. The molecule has 4 aromatic carbocycles. The van der Waals surface area contributed by atoms with Crippen LogP contribution in [0.5, 0.6) is 0 Å². The van der Waals surface area contributed by atoms with Gasteiger partial charge in [0, 0.05) is 28.6 Å². The van der Waals surface area contributed by atoms with Crippen molar-refractivity contribution in [3.8, 4) is 11.1 Å². The van der Waals surface area contributed by atoms with Crippen LogP contribution in [0.25, 0.3) is 38.8 Å². The summed E-state index contributed by atoms with van der Waals surface area (Å²) in [5, 5.41) is 8.40. The lowest BCUT2D eigenvalue weighted by Gasteiger charge is -2.10. The highest BCUT2D eigenvalue weighted by atomic mass is 16.3. The van der Waals surface area contributed by atoms with Crippen LogP contribution in [-0.4, -0.2) is 5.91 Å². The number of hydrogen-bond donors (Lipinski definition) is 2. The van der Waals surface area contributed by atoms with E-state index < -0.39 is 0 Å². The average Bonchev–Trinajstić information content (AvgIpc) is 3.40. The van der Waals surface area contributed by atoms with Crippen molar-refractivity contribution >= 4 is 39.2 Å². The van der Waals surface area contributed by atoms with Crippen molar-refractivity contribution in [2.45, 2.75) is 6.54 Å². The average molecular weight is 416 g/mol. The van der Waals surface area contributed by atoms with Gasteiger partial charge in [0.05, 0.1) is 5.69 Å². The molecule has 0 spiro atoms. The summed E-state index contributed by atoms with van der Waals surface area (Å²) in [7, 11) is 0. The van der Waals surface area contributed by atoms with Crippen LogP contribution in [0.3, 0.4) is 0 Å². The fraction of sp³-hybridized carbons (Fsp3) is 0.0357. The van der Waals surface area contributed by atoms with Crippen molar-refractivity contribution < 1.29 is 9.21 Å². The molecular formula is C28H20N2O2. The monoisotopic (exact) mass is 416 g/mol. The third-order valence-electron chi connectivity index (χ3n) is 6.03. The van der Waals surface area contributed by atoms with Crippen molar-refractivity contribution in [2.24, 2.45) is 0 Å². The second-order valence-electron chi connectivity index (χ2n) is 8.02. The third-order valence-corrected chi connectivity index (χ3v) is 6.03. The van der Waals surface area contributed by atoms with Gasteiger partial charge in [-0.05, 0) is 52.6 Å². The molecule has 1 aromatic heterocycles. The molecule has 0 saturated carbocycles. The number of carbonyl (C=O) groups is 1. The number of rotatable bonds is 4. The molecule has 6 rings (SSSR count). The van der Waals surface area contributed by atoms with Gasteiger partial charge < -0.3 is 15.1 Å². The maximum atomic E-state index is 11.9. The van der Waals surface area contributed by atoms with Gasteiger partial charge in [0.1, 0.15) is 5.58 Å². The Morgan fingerprint density at radius 1 is 0.875 bits per heavy atom. The summed E-state index contributed by atoms with van der Waals surface area (Å²) in [6.07, 6.45) is 0. The molecule has 0 aliphatic carbocycles. The Morgan fingerprint density at radius 3 is 2.56 bits per heavy atom. The highest BCUT2D eigenvalue weighted by Crippen LogP contribution is 2.37. The summed E-state index contributed by atoms with van der Waals surface area (Å²) in [5.41, 5.74) is 8.36. The Bertz CT molecular complexity index is 1530. The molecule has 0 atom stereocenters. The van der Waals surface area contributed by atoms with Gasteiger partial charge in [-0.2, -0.15) is 0 Å². The number of amides is 1. The van der Waals surface area contributed by atoms with Crippen LogP contribution >= 0.6 is 0 Å². The quantitative estimate of drug-likeness (QED) is 0.348. The fourth-order valence-electron chi connectivity index (χ4n) is 4.36. The Morgan fingerprint density at radius 2 is 1.69 bits per heavy atom. The smallest absolute Gasteiger partial charge is 0.251 e. The zero-order chi connectivity index (χ0) is 21.7. The first-order valence-corrected chi connectivity index (χ1v) is 10.6. The molecule has 1 aliphatic rings. The Labute approximate surface area is 185 Å². The van der Waals surface area contributed by atoms with E-state index in [4.69, 9.17) is 4.42 Å². The van der Waals surface area contributed by atoms with Crippen LogP contribution in [0.2, 0.25) is 0 Å². The summed E-state index contributed by atoms with van der Waals surface area (Å²) in [6.45, 7) is 4.77. The standard InChI is InChI=1S/C28H20N2O2/c1-17(18-6-3-2-4-7-18)30-25-9-5-8-23-24-15-20(11-13-26(24)32-27(23)25)19-10-12-22-21(14-19)16-29-28(22)31/h2-15,30H,1,16H2,(H,29,31). The molecule has 0 saturated heterocycles. The molecule has 0 unspecified atom stereocenters. The maximum Gasteiger partial charge on any atom is 0.251 e. The number of benzene rings is 4. The van der Waals surface area contributed by atoms with Crippen LogP contribution in [0.15, 0.2) is 95.9 Å². The normalized spacial score (nSPS) is 12.7. The second-order valence-corrected chi connectivity index (χ2v) is 8.02. The van der Waals surface area contributed by atoms with Gasteiger partial charge in [0.2, 0.25) is 0 Å². The lowest BCUT2D eigenvalue weighted by atomic mass is 9.99. The molecule has 0 radical (unpaired) electrons. The number of anilines is 1. The van der Waals surface area contributed by atoms with Gasteiger partial charge in [-0.25, -0.2) is 0 Å². The summed E-state index contributed by atoms with van der Waals surface area (Å²) in [4.78, 5) is 11.9. The van der Waals surface area contributed by atoms with E-state index in [1.165, 1.54) is 0 Å². The van der Waals surface area contributed by atoms with E-state index in [1.54, 1.807) is 0 Å². The summed E-state index contributed by atoms with van der Waals surface area (Å²) >= 11 is 0. The van der Waals surface area contributed by atoms with E-state index in [0.29, 0.717) is 6.54 Å². The number of fused-ring (bicyclic) bond motifs is 4. The molecular weight excluding hydrogens is 396 g/mol. The minimum atomic E-state index is -0.0000456. The molecule has 32 heavy (non-hydrogen) atoms. The van der Waals surface area contributed by atoms with Crippen LogP contribution in [0, 0.1) is 0 Å². The number of carbonyl (C=O) groups excluding carboxylic acids is 1. The van der Waals surface area contributed by atoms with Crippen molar-refractivity contribution in [1.29, 1.82) is 0 Å². The zero-order valence-corrected chi connectivity index (χ0v) is 17.3. The highest BCUT2D eigenvalue weighted by Gasteiger charge is 2.19. The fourth-order valence-corrected chi connectivity index (χ4v) is 4.36. The van der Waals surface area contributed by atoms with Gasteiger partial charge >= 0.3 is 0 Å². The lowest BCUT2D eigenvalue weighted by Crippen LogP contribution is -2.12. The minimum Gasteiger partial charge on any atom is -0.454 e. The predicted molar refractivity (Wildman–Crippen MR) is 129 cm³/mol. The first-order valence-electron chi connectivity index (χ1n) is 10.6. The van der Waals surface area contributed by atoms with Gasteiger partial charge in [0.25, 0.3) is 5.91 Å². The topological polar surface area (TPSA) is 54.3 Å². The number of hydrogen-bond acceptors (Lipinski definition) is 3. The molecule has 2 N–H and O–H groups in total. The van der Waals surface area contributed by atoms with E-state index in [9.17, 15) is 4.79 Å². The molecule has 2 heterocycles. The van der Waals surface area contributed by atoms with E-state index >= 15 is 0 Å². The van der Waals surface area contributed by atoms with Crippen LogP contribution in [0.4, 0.5) is 5.69 Å². The van der Waals surface area contributed by atoms with Crippen LogP contribution in [-0.2, 0) is 6.54 Å². The van der Waals surface area contributed by atoms with Gasteiger partial charge in [-0.3, -0.25) is 4.79 Å². The lowest BCUT2D eigenvalue weighted by molar-refractivity contribution is 0.0966. The van der Waals surface area contributed by atoms with Crippen molar-refractivity contribution in [3.05, 3.63) is 108 Å². The molecule has 4 nitrogen and oxygen atoms in total. The van der Waals surface area contributed by atoms with Crippen molar-refractivity contribution in [2.75, 3.05) is 5.32 Å². The van der Waals surface area contributed by atoms with Crippen molar-refractivity contribution in [1.82, 2.24) is 5.32 Å². The van der Waals surface area contributed by atoms with Crippen LogP contribution < -0.4 is 10.6 Å². The largest absolute Gasteiger partial charge is 0.454 e.